The lowest BCUT2D eigenvalue weighted by molar-refractivity contribution is 0.0600. The van der Waals surface area contributed by atoms with Gasteiger partial charge in [0.25, 0.3) is 0 Å². The van der Waals surface area contributed by atoms with Crippen molar-refractivity contribution in [2.24, 2.45) is 4.99 Å². The first-order chi connectivity index (χ1) is 7.10. The van der Waals surface area contributed by atoms with Crippen LogP contribution >= 0.6 is 0 Å². The van der Waals surface area contributed by atoms with Crippen molar-refractivity contribution in [3.8, 4) is 5.75 Å². The zero-order chi connectivity index (χ0) is 11.4. The summed E-state index contributed by atoms with van der Waals surface area (Å²) in [6.07, 6.45) is 1.13. The van der Waals surface area contributed by atoms with Gasteiger partial charge in [-0.1, -0.05) is 0 Å². The summed E-state index contributed by atoms with van der Waals surface area (Å²) in [7, 11) is 1.12. The van der Waals surface area contributed by atoms with Crippen molar-refractivity contribution in [2.45, 2.75) is 0 Å². The minimum absolute atomic E-state index is 0.151. The highest BCUT2D eigenvalue weighted by Gasteiger charge is 2.14. The summed E-state index contributed by atoms with van der Waals surface area (Å²) < 4.78 is 17.3. The number of hydrogen-bond acceptors (Lipinski definition) is 5. The van der Waals surface area contributed by atoms with Gasteiger partial charge in [0.15, 0.2) is 11.6 Å². The van der Waals surface area contributed by atoms with Gasteiger partial charge in [0, 0.05) is 0 Å². The molecule has 1 aromatic rings. The molecule has 0 atom stereocenters. The molecule has 1 aromatic carbocycles. The summed E-state index contributed by atoms with van der Waals surface area (Å²) in [5, 5.41) is 9.11. The Hall–Kier alpha value is -2.20. The molecule has 0 spiro atoms. The molecule has 0 unspecified atom stereocenters. The maximum absolute atomic E-state index is 13.0. The van der Waals surface area contributed by atoms with Gasteiger partial charge in [0.2, 0.25) is 6.08 Å². The lowest BCUT2D eigenvalue weighted by atomic mass is 10.2. The Morgan fingerprint density at radius 2 is 2.27 bits per heavy atom. The molecule has 0 saturated heterocycles. The Morgan fingerprint density at radius 3 is 2.80 bits per heavy atom. The number of halogens is 1. The standard InChI is InChI=1S/C9H6FNO4/c1-15-9(14)5-2-6(10)8(13)7(3-5)11-4-12/h2-3,13H,1H3. The number of methoxy groups -OCH3 is 1. The van der Waals surface area contributed by atoms with Crippen LogP contribution in [0.5, 0.6) is 5.75 Å². The number of benzene rings is 1. The number of aliphatic imine (C=N–C) groups is 1. The van der Waals surface area contributed by atoms with Gasteiger partial charge < -0.3 is 9.84 Å². The van der Waals surface area contributed by atoms with E-state index in [-0.39, 0.29) is 11.3 Å². The van der Waals surface area contributed by atoms with Crippen molar-refractivity contribution in [1.82, 2.24) is 0 Å². The number of carbonyl (C=O) groups excluding carboxylic acids is 2. The van der Waals surface area contributed by atoms with Crippen LogP contribution in [0.25, 0.3) is 0 Å². The van der Waals surface area contributed by atoms with E-state index in [1.807, 2.05) is 0 Å². The normalized spacial score (nSPS) is 9.20. The summed E-state index contributed by atoms with van der Waals surface area (Å²) in [4.78, 5) is 24.0. The molecule has 0 heterocycles. The highest BCUT2D eigenvalue weighted by molar-refractivity contribution is 5.91. The van der Waals surface area contributed by atoms with Gasteiger partial charge >= 0.3 is 5.97 Å². The van der Waals surface area contributed by atoms with Crippen LogP contribution in [0.4, 0.5) is 10.1 Å². The summed E-state index contributed by atoms with van der Waals surface area (Å²) >= 11 is 0. The third-order valence-electron chi connectivity index (χ3n) is 1.63. The van der Waals surface area contributed by atoms with Crippen molar-refractivity contribution in [1.29, 1.82) is 0 Å². The average Bonchev–Trinajstić information content (AvgIpc) is 2.23. The topological polar surface area (TPSA) is 76.0 Å². The van der Waals surface area contributed by atoms with Gasteiger partial charge in [-0.3, -0.25) is 0 Å². The molecule has 0 aliphatic heterocycles. The summed E-state index contributed by atoms with van der Waals surface area (Å²) in [5.74, 6) is -2.67. The second-order valence-electron chi connectivity index (χ2n) is 2.52. The summed E-state index contributed by atoms with van der Waals surface area (Å²) in [6.45, 7) is 0. The monoisotopic (exact) mass is 211 g/mol. The quantitative estimate of drug-likeness (QED) is 0.454. The van der Waals surface area contributed by atoms with E-state index >= 15 is 0 Å². The largest absolute Gasteiger partial charge is 0.503 e. The lowest BCUT2D eigenvalue weighted by Gasteiger charge is -2.02. The van der Waals surface area contributed by atoms with E-state index in [9.17, 15) is 14.0 Å². The van der Waals surface area contributed by atoms with Crippen molar-refractivity contribution < 1.29 is 23.8 Å². The average molecular weight is 211 g/mol. The van der Waals surface area contributed by atoms with Crippen molar-refractivity contribution >= 4 is 17.7 Å². The SMILES string of the molecule is COC(=O)c1cc(F)c(O)c(N=C=O)c1. The second-order valence-corrected chi connectivity index (χ2v) is 2.52. The van der Waals surface area contributed by atoms with Crippen LogP contribution in [0.2, 0.25) is 0 Å². The van der Waals surface area contributed by atoms with Crippen LogP contribution in [0.15, 0.2) is 17.1 Å². The van der Waals surface area contributed by atoms with E-state index in [4.69, 9.17) is 5.11 Å². The summed E-state index contributed by atoms with van der Waals surface area (Å²) in [5.41, 5.74) is -0.521. The molecule has 5 nitrogen and oxygen atoms in total. The van der Waals surface area contributed by atoms with E-state index in [0.29, 0.717) is 0 Å². The van der Waals surface area contributed by atoms with Crippen LogP contribution in [-0.2, 0) is 9.53 Å². The third-order valence-corrected chi connectivity index (χ3v) is 1.63. The predicted octanol–water partition coefficient (Wildman–Crippen LogP) is 1.29. The van der Waals surface area contributed by atoms with Gasteiger partial charge in [-0.05, 0) is 12.1 Å². The minimum Gasteiger partial charge on any atom is -0.503 e. The van der Waals surface area contributed by atoms with E-state index < -0.39 is 17.5 Å². The van der Waals surface area contributed by atoms with Crippen LogP contribution in [-0.4, -0.2) is 24.3 Å². The Morgan fingerprint density at radius 1 is 1.60 bits per heavy atom. The maximum Gasteiger partial charge on any atom is 0.338 e. The maximum atomic E-state index is 13.0. The van der Waals surface area contributed by atoms with Crippen LogP contribution in [0.1, 0.15) is 10.4 Å². The number of hydrogen-bond donors (Lipinski definition) is 1. The highest BCUT2D eigenvalue weighted by Crippen LogP contribution is 2.30. The number of aromatic hydroxyl groups is 1. The van der Waals surface area contributed by atoms with Crippen molar-refractivity contribution in [3.63, 3.8) is 0 Å². The minimum atomic E-state index is -1.06. The van der Waals surface area contributed by atoms with Gasteiger partial charge in [0.05, 0.1) is 12.7 Å². The van der Waals surface area contributed by atoms with E-state index in [1.54, 1.807) is 0 Å². The fraction of sp³-hybridized carbons (Fsp3) is 0.111. The molecule has 0 aliphatic rings. The zero-order valence-electron chi connectivity index (χ0n) is 7.65. The Balaban J connectivity index is 3.35. The Kier molecular flexibility index (Phi) is 3.15. The molecule has 0 bridgehead atoms. The molecule has 0 radical (unpaired) electrons. The zero-order valence-corrected chi connectivity index (χ0v) is 7.65. The number of phenols is 1. The molecule has 0 amide bonds. The van der Waals surface area contributed by atoms with Gasteiger partial charge in [-0.2, -0.15) is 4.99 Å². The smallest absolute Gasteiger partial charge is 0.338 e. The predicted molar refractivity (Wildman–Crippen MR) is 47.2 cm³/mol. The Labute approximate surface area is 83.8 Å². The molecule has 1 N–H and O–H groups in total. The van der Waals surface area contributed by atoms with Crippen LogP contribution in [0.3, 0.4) is 0 Å². The second kappa shape index (κ2) is 4.34. The molecular weight excluding hydrogens is 205 g/mol. The molecule has 78 valence electrons. The molecule has 0 fully saturated rings. The number of isocyanates is 1. The fourth-order valence-corrected chi connectivity index (χ4v) is 0.955. The van der Waals surface area contributed by atoms with Crippen LogP contribution in [0, 0.1) is 5.82 Å². The fourth-order valence-electron chi connectivity index (χ4n) is 0.955. The molecule has 0 aliphatic carbocycles. The number of ether oxygens (including phenoxy) is 1. The summed E-state index contributed by atoms with van der Waals surface area (Å²) in [6, 6.07) is 1.81. The first-order valence-corrected chi connectivity index (χ1v) is 3.79. The molecule has 0 saturated carbocycles. The molecule has 1 rings (SSSR count). The van der Waals surface area contributed by atoms with Crippen LogP contribution < -0.4 is 0 Å². The number of nitrogens with zero attached hydrogens (tertiary/aromatic N) is 1. The molecule has 6 heteroatoms. The van der Waals surface area contributed by atoms with Gasteiger partial charge in [0.1, 0.15) is 5.69 Å². The van der Waals surface area contributed by atoms with Gasteiger partial charge in [-0.15, -0.1) is 0 Å². The number of carbonyl (C=O) groups is 1. The lowest BCUT2D eigenvalue weighted by Crippen LogP contribution is -2.01. The van der Waals surface area contributed by atoms with E-state index in [0.717, 1.165) is 25.3 Å². The molecule has 15 heavy (non-hydrogen) atoms. The molecule has 0 aromatic heterocycles. The highest BCUT2D eigenvalue weighted by atomic mass is 19.1. The van der Waals surface area contributed by atoms with Crippen molar-refractivity contribution in [3.05, 3.63) is 23.5 Å². The molecular formula is C9H6FNO4. The van der Waals surface area contributed by atoms with E-state index in [2.05, 4.69) is 9.73 Å². The number of phenolic OH excluding ortho intramolecular Hbond substituents is 1. The van der Waals surface area contributed by atoms with Crippen molar-refractivity contribution in [2.75, 3.05) is 7.11 Å². The first kappa shape index (κ1) is 10.9. The number of rotatable bonds is 2. The van der Waals surface area contributed by atoms with Gasteiger partial charge in [-0.25, -0.2) is 14.0 Å². The first-order valence-electron chi connectivity index (χ1n) is 3.79. The number of esters is 1. The third kappa shape index (κ3) is 2.18. The van der Waals surface area contributed by atoms with E-state index in [1.165, 1.54) is 0 Å². The Bertz CT molecular complexity index is 452.